The molecule has 0 heterocycles. The quantitative estimate of drug-likeness (QED) is 0.503. The van der Waals surface area contributed by atoms with Crippen LogP contribution < -0.4 is 4.74 Å². The van der Waals surface area contributed by atoms with Gasteiger partial charge in [-0.3, -0.25) is 4.79 Å². The average Bonchev–Trinajstić information content (AvgIpc) is 2.56. The second-order valence-corrected chi connectivity index (χ2v) is 5.03. The van der Waals surface area contributed by atoms with Crippen LogP contribution in [-0.2, 0) is 4.79 Å². The standard InChI is InChI=1S/C20H16O2/c1-15(21)22-18-13-11-17(12-14-18)20-10-6-5-9-19(20)16-7-3-2-4-8-16/h2-14H,1H3. The first-order valence-corrected chi connectivity index (χ1v) is 7.17. The van der Waals surface area contributed by atoms with Crippen LogP contribution in [0, 0.1) is 0 Å². The van der Waals surface area contributed by atoms with Crippen LogP contribution in [0.15, 0.2) is 78.9 Å². The lowest BCUT2D eigenvalue weighted by Crippen LogP contribution is -2.00. The molecule has 2 heteroatoms. The summed E-state index contributed by atoms with van der Waals surface area (Å²) >= 11 is 0. The molecular weight excluding hydrogens is 272 g/mol. The summed E-state index contributed by atoms with van der Waals surface area (Å²) in [6, 6.07) is 26.2. The highest BCUT2D eigenvalue weighted by molar-refractivity contribution is 5.83. The Morgan fingerprint density at radius 3 is 1.73 bits per heavy atom. The first kappa shape index (κ1) is 14.1. The molecule has 3 aromatic rings. The number of hydrogen-bond donors (Lipinski definition) is 0. The van der Waals surface area contributed by atoms with E-state index in [1.807, 2.05) is 54.6 Å². The van der Waals surface area contributed by atoms with Gasteiger partial charge < -0.3 is 4.74 Å². The second-order valence-electron chi connectivity index (χ2n) is 5.03. The molecule has 0 spiro atoms. The van der Waals surface area contributed by atoms with Crippen molar-refractivity contribution in [3.8, 4) is 28.0 Å². The lowest BCUT2D eigenvalue weighted by atomic mass is 9.95. The van der Waals surface area contributed by atoms with Gasteiger partial charge in [0.2, 0.25) is 0 Å². The van der Waals surface area contributed by atoms with Gasteiger partial charge in [-0.25, -0.2) is 0 Å². The molecule has 0 saturated carbocycles. The van der Waals surface area contributed by atoms with Crippen molar-refractivity contribution in [2.24, 2.45) is 0 Å². The van der Waals surface area contributed by atoms with Gasteiger partial charge in [-0.2, -0.15) is 0 Å². The number of rotatable bonds is 3. The third-order valence-electron chi connectivity index (χ3n) is 3.44. The molecule has 0 aliphatic rings. The second kappa shape index (κ2) is 6.27. The fraction of sp³-hybridized carbons (Fsp3) is 0.0500. The summed E-state index contributed by atoms with van der Waals surface area (Å²) in [4.78, 5) is 11.0. The first-order chi connectivity index (χ1) is 10.7. The Bertz CT molecular complexity index is 774. The lowest BCUT2D eigenvalue weighted by Gasteiger charge is -2.10. The molecule has 0 bridgehead atoms. The molecule has 0 atom stereocenters. The van der Waals surface area contributed by atoms with Gasteiger partial charge in [0.05, 0.1) is 0 Å². The molecule has 0 aromatic heterocycles. The zero-order valence-corrected chi connectivity index (χ0v) is 12.3. The number of benzene rings is 3. The van der Waals surface area contributed by atoms with Gasteiger partial charge in [0, 0.05) is 6.92 Å². The minimum Gasteiger partial charge on any atom is -0.427 e. The summed E-state index contributed by atoms with van der Waals surface area (Å²) in [5.74, 6) is 0.255. The Morgan fingerprint density at radius 2 is 1.18 bits per heavy atom. The van der Waals surface area contributed by atoms with Gasteiger partial charge in [-0.05, 0) is 34.4 Å². The van der Waals surface area contributed by atoms with E-state index in [4.69, 9.17) is 4.74 Å². The van der Waals surface area contributed by atoms with E-state index in [0.29, 0.717) is 5.75 Å². The first-order valence-electron chi connectivity index (χ1n) is 7.17. The Kier molecular flexibility index (Phi) is 4.01. The predicted octanol–water partition coefficient (Wildman–Crippen LogP) is 4.95. The summed E-state index contributed by atoms with van der Waals surface area (Å²) in [5, 5.41) is 0. The van der Waals surface area contributed by atoms with Crippen molar-refractivity contribution in [1.29, 1.82) is 0 Å². The van der Waals surface area contributed by atoms with Crippen LogP contribution in [0.4, 0.5) is 0 Å². The zero-order valence-electron chi connectivity index (χ0n) is 12.3. The summed E-state index contributed by atoms with van der Waals surface area (Å²) in [5.41, 5.74) is 4.61. The molecule has 2 nitrogen and oxygen atoms in total. The number of ether oxygens (including phenoxy) is 1. The van der Waals surface area contributed by atoms with Gasteiger partial charge in [-0.15, -0.1) is 0 Å². The van der Waals surface area contributed by atoms with Crippen molar-refractivity contribution in [2.75, 3.05) is 0 Å². The molecule has 3 aromatic carbocycles. The van der Waals surface area contributed by atoms with Gasteiger partial charge in [0.15, 0.2) is 0 Å². The zero-order chi connectivity index (χ0) is 15.4. The number of hydrogen-bond acceptors (Lipinski definition) is 2. The van der Waals surface area contributed by atoms with Gasteiger partial charge in [0.1, 0.15) is 5.75 Å². The van der Waals surface area contributed by atoms with Crippen molar-refractivity contribution >= 4 is 5.97 Å². The summed E-state index contributed by atoms with van der Waals surface area (Å²) in [6.45, 7) is 1.40. The highest BCUT2D eigenvalue weighted by Gasteiger charge is 2.07. The summed E-state index contributed by atoms with van der Waals surface area (Å²) in [7, 11) is 0. The molecule has 0 radical (unpaired) electrons. The van der Waals surface area contributed by atoms with Gasteiger partial charge >= 0.3 is 5.97 Å². The SMILES string of the molecule is CC(=O)Oc1ccc(-c2ccccc2-c2ccccc2)cc1. The van der Waals surface area contributed by atoms with E-state index in [1.165, 1.54) is 18.1 Å². The molecule has 22 heavy (non-hydrogen) atoms. The van der Waals surface area contributed by atoms with Crippen molar-refractivity contribution in [2.45, 2.75) is 6.92 Å². The molecular formula is C20H16O2. The fourth-order valence-electron chi connectivity index (χ4n) is 2.47. The van der Waals surface area contributed by atoms with E-state index in [-0.39, 0.29) is 5.97 Å². The molecule has 0 aliphatic heterocycles. The fourth-order valence-corrected chi connectivity index (χ4v) is 2.47. The van der Waals surface area contributed by atoms with E-state index in [2.05, 4.69) is 24.3 Å². The topological polar surface area (TPSA) is 26.3 Å². The number of carbonyl (C=O) groups is 1. The van der Waals surface area contributed by atoms with Crippen molar-refractivity contribution in [3.05, 3.63) is 78.9 Å². The van der Waals surface area contributed by atoms with Crippen LogP contribution in [0.2, 0.25) is 0 Å². The van der Waals surface area contributed by atoms with Crippen LogP contribution in [0.1, 0.15) is 6.92 Å². The maximum atomic E-state index is 11.0. The van der Waals surface area contributed by atoms with Crippen LogP contribution in [0.3, 0.4) is 0 Å². The maximum Gasteiger partial charge on any atom is 0.308 e. The Labute approximate surface area is 130 Å². The number of carbonyl (C=O) groups excluding carboxylic acids is 1. The Morgan fingerprint density at radius 1 is 0.682 bits per heavy atom. The largest absolute Gasteiger partial charge is 0.427 e. The average molecular weight is 288 g/mol. The smallest absolute Gasteiger partial charge is 0.308 e. The van der Waals surface area contributed by atoms with E-state index in [0.717, 1.165) is 11.1 Å². The minimum atomic E-state index is -0.308. The molecule has 108 valence electrons. The van der Waals surface area contributed by atoms with Crippen molar-refractivity contribution < 1.29 is 9.53 Å². The Balaban J connectivity index is 2.00. The third-order valence-corrected chi connectivity index (χ3v) is 3.44. The molecule has 0 N–H and O–H groups in total. The van der Waals surface area contributed by atoms with Gasteiger partial charge in [0.25, 0.3) is 0 Å². The van der Waals surface area contributed by atoms with Crippen molar-refractivity contribution in [3.63, 3.8) is 0 Å². The highest BCUT2D eigenvalue weighted by Crippen LogP contribution is 2.32. The Hall–Kier alpha value is -2.87. The van der Waals surface area contributed by atoms with Crippen molar-refractivity contribution in [1.82, 2.24) is 0 Å². The lowest BCUT2D eigenvalue weighted by molar-refractivity contribution is -0.131. The van der Waals surface area contributed by atoms with Crippen LogP contribution in [-0.4, -0.2) is 5.97 Å². The van der Waals surface area contributed by atoms with Crippen LogP contribution >= 0.6 is 0 Å². The van der Waals surface area contributed by atoms with E-state index >= 15 is 0 Å². The minimum absolute atomic E-state index is 0.308. The number of esters is 1. The molecule has 0 amide bonds. The molecule has 0 unspecified atom stereocenters. The molecule has 0 fully saturated rings. The predicted molar refractivity (Wildman–Crippen MR) is 88.6 cm³/mol. The van der Waals surface area contributed by atoms with E-state index in [1.54, 1.807) is 0 Å². The maximum absolute atomic E-state index is 11.0. The molecule has 0 saturated heterocycles. The normalized spacial score (nSPS) is 10.2. The van der Waals surface area contributed by atoms with Crippen LogP contribution in [0.5, 0.6) is 5.75 Å². The van der Waals surface area contributed by atoms with E-state index < -0.39 is 0 Å². The van der Waals surface area contributed by atoms with Gasteiger partial charge in [-0.1, -0.05) is 66.7 Å². The summed E-state index contributed by atoms with van der Waals surface area (Å²) < 4.78 is 5.08. The monoisotopic (exact) mass is 288 g/mol. The summed E-state index contributed by atoms with van der Waals surface area (Å²) in [6.07, 6.45) is 0. The van der Waals surface area contributed by atoms with E-state index in [9.17, 15) is 4.79 Å². The molecule has 3 rings (SSSR count). The van der Waals surface area contributed by atoms with Crippen LogP contribution in [0.25, 0.3) is 22.3 Å². The third kappa shape index (κ3) is 3.07. The highest BCUT2D eigenvalue weighted by atomic mass is 16.5. The molecule has 0 aliphatic carbocycles.